The summed E-state index contributed by atoms with van der Waals surface area (Å²) >= 11 is 0. The minimum atomic E-state index is -0.624. The summed E-state index contributed by atoms with van der Waals surface area (Å²) in [7, 11) is 2.99. The van der Waals surface area contributed by atoms with E-state index in [-0.39, 0.29) is 27.9 Å². The smallest absolute Gasteiger partial charge is 0.255 e. The second-order valence-corrected chi connectivity index (χ2v) is 6.28. The predicted octanol–water partition coefficient (Wildman–Crippen LogP) is 4.35. The van der Waals surface area contributed by atoms with E-state index in [2.05, 4.69) is 5.32 Å². The Morgan fingerprint density at radius 1 is 0.966 bits per heavy atom. The van der Waals surface area contributed by atoms with Crippen LogP contribution in [0, 0.1) is 5.82 Å². The number of hydrogen-bond donors (Lipinski definition) is 1. The van der Waals surface area contributed by atoms with Gasteiger partial charge in [0.25, 0.3) is 5.91 Å². The molecule has 4 aromatic rings. The zero-order valence-electron chi connectivity index (χ0n) is 15.6. The van der Waals surface area contributed by atoms with E-state index in [1.54, 1.807) is 24.3 Å². The molecule has 0 spiro atoms. The van der Waals surface area contributed by atoms with Gasteiger partial charge < -0.3 is 19.2 Å². The van der Waals surface area contributed by atoms with Crippen LogP contribution in [0.25, 0.3) is 21.9 Å². The molecule has 0 radical (unpaired) electrons. The Labute approximate surface area is 164 Å². The van der Waals surface area contributed by atoms with Gasteiger partial charge in [0.05, 0.1) is 25.0 Å². The minimum Gasteiger partial charge on any atom is -0.493 e. The highest BCUT2D eigenvalue weighted by Gasteiger charge is 2.14. The molecule has 0 aliphatic rings. The van der Waals surface area contributed by atoms with Gasteiger partial charge in [-0.3, -0.25) is 9.59 Å². The Hall–Kier alpha value is -3.87. The summed E-state index contributed by atoms with van der Waals surface area (Å²) in [6.45, 7) is 0. The number of anilines is 1. The lowest BCUT2D eigenvalue weighted by atomic mass is 10.1. The Balaban J connectivity index is 1.71. The summed E-state index contributed by atoms with van der Waals surface area (Å²) in [5, 5.41) is 3.19. The number of hydrogen-bond acceptors (Lipinski definition) is 5. The van der Waals surface area contributed by atoms with E-state index in [0.29, 0.717) is 28.1 Å². The molecular weight excluding hydrogens is 377 g/mol. The van der Waals surface area contributed by atoms with Crippen LogP contribution in [0.15, 0.2) is 63.8 Å². The molecule has 0 unspecified atom stereocenters. The molecule has 6 nitrogen and oxygen atoms in total. The van der Waals surface area contributed by atoms with Gasteiger partial charge in [0.2, 0.25) is 5.43 Å². The summed E-state index contributed by atoms with van der Waals surface area (Å²) in [5.74, 6) is -0.0853. The number of para-hydroxylation sites is 1. The van der Waals surface area contributed by atoms with Crippen LogP contribution in [0.1, 0.15) is 10.4 Å². The van der Waals surface area contributed by atoms with E-state index in [9.17, 15) is 14.0 Å². The molecule has 0 atom stereocenters. The number of methoxy groups -OCH3 is 2. The molecule has 0 bridgehead atoms. The van der Waals surface area contributed by atoms with E-state index in [1.807, 2.05) is 0 Å². The topological polar surface area (TPSA) is 77.8 Å². The first-order valence-corrected chi connectivity index (χ1v) is 8.70. The predicted molar refractivity (Wildman–Crippen MR) is 107 cm³/mol. The van der Waals surface area contributed by atoms with Crippen LogP contribution in [0.3, 0.4) is 0 Å². The number of amides is 1. The van der Waals surface area contributed by atoms with E-state index >= 15 is 0 Å². The normalized spacial score (nSPS) is 10.9. The van der Waals surface area contributed by atoms with Crippen molar-refractivity contribution in [2.45, 2.75) is 0 Å². The summed E-state index contributed by atoms with van der Waals surface area (Å²) in [6, 6.07) is 13.6. The van der Waals surface area contributed by atoms with Crippen molar-refractivity contribution in [1.29, 1.82) is 0 Å². The molecule has 1 amide bonds. The number of ether oxygens (including phenoxy) is 2. The molecule has 29 heavy (non-hydrogen) atoms. The van der Waals surface area contributed by atoms with Gasteiger partial charge in [0, 0.05) is 17.3 Å². The highest BCUT2D eigenvalue weighted by Crippen LogP contribution is 2.28. The van der Waals surface area contributed by atoms with Gasteiger partial charge in [-0.1, -0.05) is 6.07 Å². The standard InChI is InChI=1S/C22H16FNO5/c1-27-17-9-6-12(10-19(17)28-2)22(26)24-13-7-8-14-18(11-13)29-21-15(20(14)25)4-3-5-16(21)23/h3-11H,1-2H3,(H,24,26). The second-order valence-electron chi connectivity index (χ2n) is 6.28. The van der Waals surface area contributed by atoms with Crippen molar-refractivity contribution in [1.82, 2.24) is 0 Å². The molecule has 1 aromatic heterocycles. The van der Waals surface area contributed by atoms with E-state index in [4.69, 9.17) is 13.9 Å². The third-order valence-electron chi connectivity index (χ3n) is 4.55. The zero-order valence-corrected chi connectivity index (χ0v) is 15.6. The van der Waals surface area contributed by atoms with Gasteiger partial charge in [0.15, 0.2) is 22.9 Å². The third kappa shape index (κ3) is 3.27. The number of carbonyl (C=O) groups is 1. The largest absolute Gasteiger partial charge is 0.493 e. The molecule has 7 heteroatoms. The highest BCUT2D eigenvalue weighted by molar-refractivity contribution is 6.05. The van der Waals surface area contributed by atoms with Crippen LogP contribution in [0.4, 0.5) is 10.1 Å². The van der Waals surface area contributed by atoms with E-state index < -0.39 is 5.82 Å². The molecule has 0 aliphatic heterocycles. The lowest BCUT2D eigenvalue weighted by molar-refractivity contribution is 0.102. The first-order valence-electron chi connectivity index (χ1n) is 8.70. The Bertz CT molecular complexity index is 1310. The average molecular weight is 393 g/mol. The number of benzene rings is 3. The van der Waals surface area contributed by atoms with Crippen molar-refractivity contribution in [2.75, 3.05) is 19.5 Å². The van der Waals surface area contributed by atoms with Crippen LogP contribution >= 0.6 is 0 Å². The minimum absolute atomic E-state index is 0.117. The number of carbonyl (C=O) groups excluding carboxylic acids is 1. The van der Waals surface area contributed by atoms with Crippen LogP contribution in [-0.2, 0) is 0 Å². The molecular formula is C22H16FNO5. The van der Waals surface area contributed by atoms with E-state index in [1.165, 1.54) is 44.6 Å². The fourth-order valence-corrected chi connectivity index (χ4v) is 3.10. The van der Waals surface area contributed by atoms with Gasteiger partial charge in [-0.25, -0.2) is 4.39 Å². The highest BCUT2D eigenvalue weighted by atomic mass is 19.1. The summed E-state index contributed by atoms with van der Waals surface area (Å²) in [4.78, 5) is 25.2. The number of rotatable bonds is 4. The van der Waals surface area contributed by atoms with Crippen molar-refractivity contribution in [3.8, 4) is 11.5 Å². The Morgan fingerprint density at radius 2 is 1.76 bits per heavy atom. The van der Waals surface area contributed by atoms with Crippen molar-refractivity contribution in [2.24, 2.45) is 0 Å². The van der Waals surface area contributed by atoms with Crippen LogP contribution in [0.2, 0.25) is 0 Å². The maximum Gasteiger partial charge on any atom is 0.255 e. The lowest BCUT2D eigenvalue weighted by Gasteiger charge is -2.10. The van der Waals surface area contributed by atoms with Crippen molar-refractivity contribution in [3.05, 3.63) is 76.2 Å². The quantitative estimate of drug-likeness (QED) is 0.522. The molecule has 1 N–H and O–H groups in total. The lowest BCUT2D eigenvalue weighted by Crippen LogP contribution is -2.12. The first-order chi connectivity index (χ1) is 14.0. The maximum absolute atomic E-state index is 14.0. The summed E-state index contributed by atoms with van der Waals surface area (Å²) in [5.41, 5.74) is 0.481. The maximum atomic E-state index is 14.0. The molecule has 146 valence electrons. The molecule has 4 rings (SSSR count). The average Bonchev–Trinajstić information content (AvgIpc) is 2.74. The molecule has 0 saturated heterocycles. The molecule has 3 aromatic carbocycles. The van der Waals surface area contributed by atoms with Crippen LogP contribution in [-0.4, -0.2) is 20.1 Å². The third-order valence-corrected chi connectivity index (χ3v) is 4.55. The number of halogens is 1. The van der Waals surface area contributed by atoms with Gasteiger partial charge in [-0.2, -0.15) is 0 Å². The van der Waals surface area contributed by atoms with Crippen LogP contribution in [0.5, 0.6) is 11.5 Å². The fourth-order valence-electron chi connectivity index (χ4n) is 3.10. The fraction of sp³-hybridized carbons (Fsp3) is 0.0909. The SMILES string of the molecule is COc1ccc(C(=O)Nc2ccc3c(=O)c4cccc(F)c4oc3c2)cc1OC. The Kier molecular flexibility index (Phi) is 4.64. The van der Waals surface area contributed by atoms with E-state index in [0.717, 1.165) is 0 Å². The van der Waals surface area contributed by atoms with Gasteiger partial charge in [-0.15, -0.1) is 0 Å². The summed E-state index contributed by atoms with van der Waals surface area (Å²) in [6.07, 6.45) is 0. The number of fused-ring (bicyclic) bond motifs is 2. The van der Waals surface area contributed by atoms with Crippen molar-refractivity contribution in [3.63, 3.8) is 0 Å². The van der Waals surface area contributed by atoms with Gasteiger partial charge in [-0.05, 0) is 42.5 Å². The molecule has 0 saturated carbocycles. The van der Waals surface area contributed by atoms with Gasteiger partial charge >= 0.3 is 0 Å². The van der Waals surface area contributed by atoms with Gasteiger partial charge in [0.1, 0.15) is 5.58 Å². The molecule has 1 heterocycles. The molecule has 0 aliphatic carbocycles. The summed E-state index contributed by atoms with van der Waals surface area (Å²) < 4.78 is 30.0. The van der Waals surface area contributed by atoms with Crippen molar-refractivity contribution >= 4 is 33.5 Å². The molecule has 0 fully saturated rings. The number of nitrogens with one attached hydrogen (secondary N) is 1. The van der Waals surface area contributed by atoms with Crippen molar-refractivity contribution < 1.29 is 23.1 Å². The second kappa shape index (κ2) is 7.27. The first kappa shape index (κ1) is 18.5. The zero-order chi connectivity index (χ0) is 20.5. The Morgan fingerprint density at radius 3 is 2.52 bits per heavy atom. The van der Waals surface area contributed by atoms with Crippen LogP contribution < -0.4 is 20.2 Å². The monoisotopic (exact) mass is 393 g/mol.